The molecular weight excluding hydrogens is 462 g/mol. The Morgan fingerprint density at radius 1 is 0.944 bits per heavy atom. The highest BCUT2D eigenvalue weighted by molar-refractivity contribution is 6.09. The minimum atomic E-state index is -1.19. The Morgan fingerprint density at radius 2 is 1.56 bits per heavy atom. The lowest BCUT2D eigenvalue weighted by Gasteiger charge is -2.34. The number of carboxylic acids is 1. The molecule has 36 heavy (non-hydrogen) atoms. The van der Waals surface area contributed by atoms with Gasteiger partial charge in [0.25, 0.3) is 0 Å². The second kappa shape index (κ2) is 11.9. The van der Waals surface area contributed by atoms with Crippen LogP contribution >= 0.6 is 0 Å². The second-order valence-electron chi connectivity index (χ2n) is 10.3. The summed E-state index contributed by atoms with van der Waals surface area (Å²) in [5.74, 6) is -2.29. The third-order valence-corrected chi connectivity index (χ3v) is 5.46. The molecule has 2 aromatic carbocycles. The lowest BCUT2D eigenvalue weighted by molar-refractivity contribution is -0.141. The minimum Gasteiger partial charge on any atom is -0.480 e. The molecule has 2 rings (SSSR count). The number of anilines is 1. The first-order valence-corrected chi connectivity index (χ1v) is 12.0. The average Bonchev–Trinajstić information content (AvgIpc) is 2.77. The molecular formula is C27H37N3O6. The molecule has 0 aromatic heterocycles. The number of carboxylic acid groups (broad SMARTS) is 1. The summed E-state index contributed by atoms with van der Waals surface area (Å²) >= 11 is 0. The van der Waals surface area contributed by atoms with E-state index in [1.165, 1.54) is 18.7 Å². The molecule has 0 spiro atoms. The zero-order chi connectivity index (χ0) is 27.2. The van der Waals surface area contributed by atoms with Crippen molar-refractivity contribution in [2.45, 2.75) is 78.6 Å². The standard InChI is InChI=1S/C27H37N3O6/c1-16(2)15-21(29-26(35)36-27(5,6)7)24(32)30(18(4)23(31)28-17(3)25(33)34)22-14-10-12-19-11-8-9-13-20(19)22/h8-14,16-18,21H,15H2,1-7H3,(H,28,31)(H,29,35)(H,33,34)/t17-,18-,21-/m0/s1. The van der Waals surface area contributed by atoms with Crippen LogP contribution in [0, 0.1) is 5.92 Å². The van der Waals surface area contributed by atoms with Crippen LogP contribution < -0.4 is 15.5 Å². The predicted molar refractivity (Wildman–Crippen MR) is 139 cm³/mol. The number of nitrogens with one attached hydrogen (secondary N) is 2. The number of hydrogen-bond donors (Lipinski definition) is 3. The number of aliphatic carboxylic acids is 1. The first-order chi connectivity index (χ1) is 16.7. The third kappa shape index (κ3) is 7.69. The molecule has 0 fully saturated rings. The molecule has 0 heterocycles. The fraction of sp³-hybridized carbons (Fsp3) is 0.481. The van der Waals surface area contributed by atoms with Crippen molar-refractivity contribution < 1.29 is 29.0 Å². The summed E-state index contributed by atoms with van der Waals surface area (Å²) in [5.41, 5.74) is -0.284. The smallest absolute Gasteiger partial charge is 0.408 e. The van der Waals surface area contributed by atoms with Crippen LogP contribution in [-0.4, -0.2) is 52.7 Å². The fourth-order valence-electron chi connectivity index (χ4n) is 3.76. The normalized spacial score (nSPS) is 14.0. The Hall–Kier alpha value is -3.62. The van der Waals surface area contributed by atoms with Crippen molar-refractivity contribution in [1.29, 1.82) is 0 Å². The van der Waals surface area contributed by atoms with Crippen LogP contribution in [0.1, 0.15) is 54.9 Å². The van der Waals surface area contributed by atoms with Gasteiger partial charge < -0.3 is 20.5 Å². The molecule has 0 unspecified atom stereocenters. The molecule has 0 saturated heterocycles. The first kappa shape index (κ1) is 28.6. The molecule has 0 aliphatic heterocycles. The number of amides is 3. The van der Waals surface area contributed by atoms with Gasteiger partial charge in [-0.1, -0.05) is 50.2 Å². The van der Waals surface area contributed by atoms with E-state index in [0.29, 0.717) is 12.1 Å². The Labute approximate surface area is 212 Å². The Balaban J connectivity index is 2.56. The quantitative estimate of drug-likeness (QED) is 0.477. The molecule has 0 aliphatic rings. The summed E-state index contributed by atoms with van der Waals surface area (Å²) in [6.45, 7) is 11.9. The predicted octanol–water partition coefficient (Wildman–Crippen LogP) is 4.09. The van der Waals surface area contributed by atoms with E-state index in [-0.39, 0.29) is 5.92 Å². The van der Waals surface area contributed by atoms with Crippen LogP contribution in [0.25, 0.3) is 10.8 Å². The summed E-state index contributed by atoms with van der Waals surface area (Å²) in [7, 11) is 0. The van der Waals surface area contributed by atoms with E-state index in [9.17, 15) is 24.3 Å². The van der Waals surface area contributed by atoms with E-state index in [1.54, 1.807) is 32.9 Å². The Morgan fingerprint density at radius 3 is 2.14 bits per heavy atom. The van der Waals surface area contributed by atoms with Gasteiger partial charge in [0.05, 0.1) is 5.69 Å². The fourth-order valence-corrected chi connectivity index (χ4v) is 3.76. The van der Waals surface area contributed by atoms with Gasteiger partial charge in [-0.3, -0.25) is 19.3 Å². The molecule has 3 atom stereocenters. The van der Waals surface area contributed by atoms with Crippen LogP contribution in [0.15, 0.2) is 42.5 Å². The number of fused-ring (bicyclic) bond motifs is 1. The van der Waals surface area contributed by atoms with Crippen molar-refractivity contribution in [3.63, 3.8) is 0 Å². The summed E-state index contributed by atoms with van der Waals surface area (Å²) < 4.78 is 5.38. The zero-order valence-electron chi connectivity index (χ0n) is 22.0. The monoisotopic (exact) mass is 499 g/mol. The number of benzene rings is 2. The lowest BCUT2D eigenvalue weighted by Crippen LogP contribution is -2.57. The molecule has 9 heteroatoms. The number of alkyl carbamates (subject to hydrolysis) is 1. The van der Waals surface area contributed by atoms with Gasteiger partial charge >= 0.3 is 12.1 Å². The number of nitrogens with zero attached hydrogens (tertiary/aromatic N) is 1. The van der Waals surface area contributed by atoms with Gasteiger partial charge in [0.2, 0.25) is 11.8 Å². The van der Waals surface area contributed by atoms with E-state index < -0.39 is 47.6 Å². The number of carbonyl (C=O) groups is 4. The number of hydrogen-bond acceptors (Lipinski definition) is 5. The minimum absolute atomic E-state index is 0.0411. The molecule has 3 amide bonds. The third-order valence-electron chi connectivity index (χ3n) is 5.46. The van der Waals surface area contributed by atoms with Crippen molar-refractivity contribution in [2.24, 2.45) is 5.92 Å². The summed E-state index contributed by atoms with van der Waals surface area (Å²) in [4.78, 5) is 52.4. The molecule has 2 aromatic rings. The van der Waals surface area contributed by atoms with E-state index in [4.69, 9.17) is 4.74 Å². The van der Waals surface area contributed by atoms with Gasteiger partial charge in [0.15, 0.2) is 0 Å². The molecule has 9 nitrogen and oxygen atoms in total. The molecule has 0 bridgehead atoms. The highest BCUT2D eigenvalue weighted by Gasteiger charge is 2.36. The SMILES string of the molecule is CC(C)C[C@H](NC(=O)OC(C)(C)C)C(=O)N(c1cccc2ccccc12)[C@@H](C)C(=O)N[C@@H](C)C(=O)O. The maximum atomic E-state index is 14.0. The van der Waals surface area contributed by atoms with Crippen molar-refractivity contribution in [3.05, 3.63) is 42.5 Å². The van der Waals surface area contributed by atoms with Gasteiger partial charge in [-0.2, -0.15) is 0 Å². The van der Waals surface area contributed by atoms with Crippen LogP contribution in [0.4, 0.5) is 10.5 Å². The van der Waals surface area contributed by atoms with Gasteiger partial charge in [0, 0.05) is 5.39 Å². The molecule has 3 N–H and O–H groups in total. The topological polar surface area (TPSA) is 125 Å². The van der Waals surface area contributed by atoms with Gasteiger partial charge in [-0.05, 0) is 58.4 Å². The van der Waals surface area contributed by atoms with E-state index in [0.717, 1.165) is 10.8 Å². The molecule has 0 aliphatic carbocycles. The van der Waals surface area contributed by atoms with Gasteiger partial charge in [-0.15, -0.1) is 0 Å². The summed E-state index contributed by atoms with van der Waals surface area (Å²) in [5, 5.41) is 16.0. The van der Waals surface area contributed by atoms with E-state index >= 15 is 0 Å². The van der Waals surface area contributed by atoms with Crippen molar-refractivity contribution in [2.75, 3.05) is 4.90 Å². The van der Waals surface area contributed by atoms with E-state index in [1.807, 2.05) is 44.2 Å². The summed E-state index contributed by atoms with van der Waals surface area (Å²) in [6, 6.07) is 9.64. The van der Waals surface area contributed by atoms with Gasteiger partial charge in [-0.25, -0.2) is 4.79 Å². The first-order valence-electron chi connectivity index (χ1n) is 12.0. The number of carbonyl (C=O) groups excluding carboxylic acids is 3. The molecule has 0 radical (unpaired) electrons. The van der Waals surface area contributed by atoms with Crippen molar-refractivity contribution in [1.82, 2.24) is 10.6 Å². The van der Waals surface area contributed by atoms with Crippen LogP contribution in [0.3, 0.4) is 0 Å². The maximum Gasteiger partial charge on any atom is 0.408 e. The van der Waals surface area contributed by atoms with E-state index in [2.05, 4.69) is 10.6 Å². The largest absolute Gasteiger partial charge is 0.480 e. The molecule has 0 saturated carbocycles. The van der Waals surface area contributed by atoms with Crippen LogP contribution in [-0.2, 0) is 19.1 Å². The van der Waals surface area contributed by atoms with Gasteiger partial charge in [0.1, 0.15) is 23.7 Å². The Kier molecular flexibility index (Phi) is 9.44. The second-order valence-corrected chi connectivity index (χ2v) is 10.3. The maximum absolute atomic E-state index is 14.0. The zero-order valence-corrected chi connectivity index (χ0v) is 22.0. The van der Waals surface area contributed by atoms with Crippen LogP contribution in [0.2, 0.25) is 0 Å². The van der Waals surface area contributed by atoms with Crippen molar-refractivity contribution >= 4 is 40.3 Å². The van der Waals surface area contributed by atoms with Crippen LogP contribution in [0.5, 0.6) is 0 Å². The highest BCUT2D eigenvalue weighted by Crippen LogP contribution is 2.29. The number of ether oxygens (including phenoxy) is 1. The summed E-state index contributed by atoms with van der Waals surface area (Å²) in [6.07, 6.45) is -0.435. The van der Waals surface area contributed by atoms with Crippen molar-refractivity contribution in [3.8, 4) is 0 Å². The highest BCUT2D eigenvalue weighted by atomic mass is 16.6. The molecule has 196 valence electrons. The number of rotatable bonds is 9. The average molecular weight is 500 g/mol. The lowest BCUT2D eigenvalue weighted by atomic mass is 10.00. The Bertz CT molecular complexity index is 1100.